The van der Waals surface area contributed by atoms with Gasteiger partial charge in [-0.25, -0.2) is 19.3 Å². The van der Waals surface area contributed by atoms with Crippen molar-refractivity contribution in [2.75, 3.05) is 0 Å². The molecule has 3 nitrogen and oxygen atoms in total. The highest BCUT2D eigenvalue weighted by Gasteiger charge is 2.06. The highest BCUT2D eigenvalue weighted by molar-refractivity contribution is 5.84. The normalized spacial score (nSPS) is 11.3. The van der Waals surface area contributed by atoms with E-state index < -0.39 is 0 Å². The maximum Gasteiger partial charge on any atom is 0.123 e. The topological polar surface area (TPSA) is 38.7 Å². The third-order valence-corrected chi connectivity index (χ3v) is 3.16. The largest absolute Gasteiger partial charge is 0.244 e. The maximum atomic E-state index is 13.0. The van der Waals surface area contributed by atoms with E-state index in [-0.39, 0.29) is 5.82 Å². The summed E-state index contributed by atoms with van der Waals surface area (Å²) in [5.74, 6) is -0.255. The second kappa shape index (κ2) is 5.79. The molecule has 0 aliphatic rings. The Morgan fingerprint density at radius 1 is 1.05 bits per heavy atom. The van der Waals surface area contributed by atoms with Crippen molar-refractivity contribution in [2.45, 2.75) is 13.3 Å². The number of hydrogen-bond donors (Lipinski definition) is 0. The smallest absolute Gasteiger partial charge is 0.123 e. The molecular formula is C17H14FN3. The van der Waals surface area contributed by atoms with Crippen molar-refractivity contribution in [2.24, 2.45) is 0 Å². The van der Waals surface area contributed by atoms with Crippen LogP contribution in [0, 0.1) is 5.82 Å². The minimum Gasteiger partial charge on any atom is -0.244 e. The molecule has 0 N–H and O–H groups in total. The Hall–Kier alpha value is -2.62. The van der Waals surface area contributed by atoms with E-state index in [0.29, 0.717) is 0 Å². The molecule has 0 atom stereocenters. The van der Waals surface area contributed by atoms with Gasteiger partial charge in [-0.05, 0) is 48.9 Å². The second-order valence-electron chi connectivity index (χ2n) is 4.64. The Labute approximate surface area is 122 Å². The lowest BCUT2D eigenvalue weighted by atomic mass is 10.1. The molecule has 1 aromatic carbocycles. The molecule has 3 rings (SSSR count). The molecule has 0 spiro atoms. The number of aromatic nitrogens is 3. The van der Waals surface area contributed by atoms with Gasteiger partial charge in [-0.15, -0.1) is 0 Å². The van der Waals surface area contributed by atoms with Crippen molar-refractivity contribution in [3.8, 4) is 11.3 Å². The number of benzene rings is 1. The number of fused-ring (bicyclic) bond motifs is 1. The van der Waals surface area contributed by atoms with E-state index in [0.717, 1.165) is 34.4 Å². The second-order valence-corrected chi connectivity index (χ2v) is 4.64. The summed E-state index contributed by atoms with van der Waals surface area (Å²) >= 11 is 0. The molecule has 0 fully saturated rings. The quantitative estimate of drug-likeness (QED) is 0.719. The summed E-state index contributed by atoms with van der Waals surface area (Å²) in [6.07, 6.45) is 6.46. The van der Waals surface area contributed by atoms with E-state index in [1.54, 1.807) is 12.1 Å². The molecule has 3 aromatic rings. The van der Waals surface area contributed by atoms with Crippen LogP contribution in [0.4, 0.5) is 4.39 Å². The van der Waals surface area contributed by atoms with E-state index >= 15 is 0 Å². The van der Waals surface area contributed by atoms with Crippen molar-refractivity contribution < 1.29 is 4.39 Å². The zero-order valence-electron chi connectivity index (χ0n) is 11.6. The van der Waals surface area contributed by atoms with Gasteiger partial charge in [-0.1, -0.05) is 13.0 Å². The van der Waals surface area contributed by atoms with E-state index in [2.05, 4.69) is 21.9 Å². The van der Waals surface area contributed by atoms with Crippen LogP contribution in [0.25, 0.3) is 28.4 Å². The van der Waals surface area contributed by atoms with Gasteiger partial charge in [0.15, 0.2) is 0 Å². The minimum absolute atomic E-state index is 0.255. The van der Waals surface area contributed by atoms with Crippen LogP contribution in [0.15, 0.2) is 48.8 Å². The first-order valence-electron chi connectivity index (χ1n) is 6.82. The van der Waals surface area contributed by atoms with Gasteiger partial charge >= 0.3 is 0 Å². The van der Waals surface area contributed by atoms with Crippen molar-refractivity contribution in [1.82, 2.24) is 15.0 Å². The summed E-state index contributed by atoms with van der Waals surface area (Å²) in [5.41, 5.74) is 4.00. The lowest BCUT2D eigenvalue weighted by molar-refractivity contribution is 0.628. The van der Waals surface area contributed by atoms with Crippen molar-refractivity contribution in [1.29, 1.82) is 0 Å². The molecule has 0 aliphatic carbocycles. The van der Waals surface area contributed by atoms with Crippen LogP contribution in [0.5, 0.6) is 0 Å². The monoisotopic (exact) mass is 279 g/mol. The molecule has 0 radical (unpaired) electrons. The van der Waals surface area contributed by atoms with Crippen LogP contribution in [0.1, 0.15) is 19.0 Å². The fourth-order valence-electron chi connectivity index (χ4n) is 2.09. The molecule has 4 heteroatoms. The molecule has 104 valence electrons. The van der Waals surface area contributed by atoms with Gasteiger partial charge in [0.2, 0.25) is 0 Å². The van der Waals surface area contributed by atoms with Crippen molar-refractivity contribution >= 4 is 17.1 Å². The highest BCUT2D eigenvalue weighted by Crippen LogP contribution is 2.22. The molecule has 2 aromatic heterocycles. The summed E-state index contributed by atoms with van der Waals surface area (Å²) < 4.78 is 13.0. The first-order valence-corrected chi connectivity index (χ1v) is 6.82. The van der Waals surface area contributed by atoms with Gasteiger partial charge in [0.1, 0.15) is 17.7 Å². The first-order chi connectivity index (χ1) is 10.3. The van der Waals surface area contributed by atoms with Gasteiger partial charge in [0.05, 0.1) is 16.9 Å². The van der Waals surface area contributed by atoms with Crippen LogP contribution in [-0.2, 0) is 0 Å². The number of nitrogens with zero attached hydrogens (tertiary/aromatic N) is 3. The summed E-state index contributed by atoms with van der Waals surface area (Å²) in [7, 11) is 0. The number of pyridine rings is 1. The average Bonchev–Trinajstić information content (AvgIpc) is 2.53. The Kier molecular flexibility index (Phi) is 3.69. The first kappa shape index (κ1) is 13.4. The third-order valence-electron chi connectivity index (χ3n) is 3.16. The molecule has 0 amide bonds. The zero-order valence-corrected chi connectivity index (χ0v) is 11.6. The predicted octanol–water partition coefficient (Wildman–Crippen LogP) is 4.25. The van der Waals surface area contributed by atoms with Gasteiger partial charge in [0, 0.05) is 5.56 Å². The van der Waals surface area contributed by atoms with Crippen LogP contribution >= 0.6 is 0 Å². The maximum absolute atomic E-state index is 13.0. The lowest BCUT2D eigenvalue weighted by Gasteiger charge is -2.04. The Bertz CT molecular complexity index is 795. The molecule has 0 bridgehead atoms. The number of halogens is 1. The van der Waals surface area contributed by atoms with E-state index in [9.17, 15) is 4.39 Å². The lowest BCUT2D eigenvalue weighted by Crippen LogP contribution is -1.93. The molecular weight excluding hydrogens is 265 g/mol. The van der Waals surface area contributed by atoms with E-state index in [4.69, 9.17) is 0 Å². The fourth-order valence-corrected chi connectivity index (χ4v) is 2.09. The van der Waals surface area contributed by atoms with Crippen LogP contribution < -0.4 is 0 Å². The molecule has 0 saturated carbocycles. The van der Waals surface area contributed by atoms with Gasteiger partial charge in [-0.3, -0.25) is 0 Å². The fraction of sp³-hybridized carbons (Fsp3) is 0.118. The third kappa shape index (κ3) is 2.79. The van der Waals surface area contributed by atoms with Crippen LogP contribution in [0.3, 0.4) is 0 Å². The summed E-state index contributed by atoms with van der Waals surface area (Å²) in [6.45, 7) is 2.07. The molecule has 0 aliphatic heterocycles. The highest BCUT2D eigenvalue weighted by atomic mass is 19.1. The van der Waals surface area contributed by atoms with Crippen LogP contribution in [0.2, 0.25) is 0 Å². The summed E-state index contributed by atoms with van der Waals surface area (Å²) in [4.78, 5) is 13.1. The number of rotatable bonds is 3. The zero-order chi connectivity index (χ0) is 14.7. The van der Waals surface area contributed by atoms with Crippen molar-refractivity contribution in [3.63, 3.8) is 0 Å². The van der Waals surface area contributed by atoms with Gasteiger partial charge < -0.3 is 0 Å². The van der Waals surface area contributed by atoms with E-state index in [1.807, 2.05) is 24.3 Å². The molecule has 21 heavy (non-hydrogen) atoms. The Balaban J connectivity index is 2.14. The standard InChI is InChI=1S/C17H14FN3/c1-2-3-4-15-17-16(20-11-19-15)10-9-14(21-17)12-5-7-13(18)8-6-12/h3-11H,2H2,1H3/b4-3+. The average molecular weight is 279 g/mol. The van der Waals surface area contributed by atoms with Crippen molar-refractivity contribution in [3.05, 3.63) is 60.3 Å². The summed E-state index contributed by atoms with van der Waals surface area (Å²) in [5, 5.41) is 0. The Morgan fingerprint density at radius 2 is 1.86 bits per heavy atom. The molecule has 2 heterocycles. The van der Waals surface area contributed by atoms with Gasteiger partial charge in [0.25, 0.3) is 0 Å². The predicted molar refractivity (Wildman–Crippen MR) is 82.1 cm³/mol. The Morgan fingerprint density at radius 3 is 2.62 bits per heavy atom. The van der Waals surface area contributed by atoms with E-state index in [1.165, 1.54) is 18.5 Å². The SMILES string of the molecule is CC/C=C/c1ncnc2ccc(-c3ccc(F)cc3)nc12. The molecule has 0 saturated heterocycles. The van der Waals surface area contributed by atoms with Crippen LogP contribution in [-0.4, -0.2) is 15.0 Å². The molecule has 0 unspecified atom stereocenters. The minimum atomic E-state index is -0.255. The van der Waals surface area contributed by atoms with Gasteiger partial charge in [-0.2, -0.15) is 0 Å². The number of allylic oxidation sites excluding steroid dienone is 1. The summed E-state index contributed by atoms with van der Waals surface area (Å²) in [6, 6.07) is 10.1. The number of hydrogen-bond acceptors (Lipinski definition) is 3.